The van der Waals surface area contributed by atoms with Crippen LogP contribution in [0.2, 0.25) is 0 Å². The fourth-order valence-electron chi connectivity index (χ4n) is 4.25. The van der Waals surface area contributed by atoms with Crippen LogP contribution in [-0.2, 0) is 6.42 Å². The van der Waals surface area contributed by atoms with Crippen LogP contribution in [0.3, 0.4) is 0 Å². The number of methoxy groups -OCH3 is 1. The highest BCUT2D eigenvalue weighted by atomic mass is 16.5. The van der Waals surface area contributed by atoms with Gasteiger partial charge in [-0.05, 0) is 61.8 Å². The zero-order valence-electron chi connectivity index (χ0n) is 14.1. The molecular formula is C19H31NO. The zero-order chi connectivity index (χ0) is 15.3. The van der Waals surface area contributed by atoms with Gasteiger partial charge in [0, 0.05) is 6.04 Å². The highest BCUT2D eigenvalue weighted by Gasteiger charge is 2.40. The topological polar surface area (TPSA) is 21.3 Å². The van der Waals surface area contributed by atoms with Crippen LogP contribution in [0.4, 0.5) is 0 Å². The summed E-state index contributed by atoms with van der Waals surface area (Å²) >= 11 is 0. The lowest BCUT2D eigenvalue weighted by Gasteiger charge is -2.39. The molecule has 1 fully saturated rings. The Kier molecular flexibility index (Phi) is 5.69. The Labute approximate surface area is 130 Å². The first-order valence-electron chi connectivity index (χ1n) is 8.40. The second-order valence-corrected chi connectivity index (χ2v) is 7.06. The summed E-state index contributed by atoms with van der Waals surface area (Å²) in [6.45, 7) is 4.72. The van der Waals surface area contributed by atoms with Crippen LogP contribution >= 0.6 is 0 Å². The number of hydrogen-bond acceptors (Lipinski definition) is 2. The van der Waals surface area contributed by atoms with Gasteiger partial charge in [0.2, 0.25) is 0 Å². The number of hydrogen-bond donors (Lipinski definition) is 1. The first-order chi connectivity index (χ1) is 10.1. The van der Waals surface area contributed by atoms with E-state index in [1.807, 2.05) is 6.07 Å². The van der Waals surface area contributed by atoms with Crippen molar-refractivity contribution < 1.29 is 4.74 Å². The van der Waals surface area contributed by atoms with Gasteiger partial charge >= 0.3 is 0 Å². The molecule has 0 radical (unpaired) electrons. The normalized spacial score (nSPS) is 18.9. The minimum atomic E-state index is 0.478. The molecule has 0 saturated heterocycles. The van der Waals surface area contributed by atoms with E-state index >= 15 is 0 Å². The molecule has 118 valence electrons. The van der Waals surface area contributed by atoms with Crippen LogP contribution < -0.4 is 10.1 Å². The Balaban J connectivity index is 2.16. The maximum atomic E-state index is 5.36. The highest BCUT2D eigenvalue weighted by Crippen LogP contribution is 2.46. The lowest BCUT2D eigenvalue weighted by atomic mass is 9.71. The Morgan fingerprint density at radius 1 is 1.24 bits per heavy atom. The molecule has 1 N–H and O–H groups in total. The van der Waals surface area contributed by atoms with E-state index in [0.717, 1.165) is 18.1 Å². The third-order valence-electron chi connectivity index (χ3n) is 5.08. The van der Waals surface area contributed by atoms with Crippen LogP contribution in [0.5, 0.6) is 5.75 Å². The third kappa shape index (κ3) is 4.00. The molecule has 1 aromatic carbocycles. The molecule has 0 aromatic heterocycles. The Morgan fingerprint density at radius 2 is 1.95 bits per heavy atom. The third-order valence-corrected chi connectivity index (χ3v) is 5.08. The van der Waals surface area contributed by atoms with Crippen LogP contribution in [0.1, 0.15) is 51.5 Å². The van der Waals surface area contributed by atoms with Crippen LogP contribution in [0.15, 0.2) is 24.3 Å². The number of ether oxygens (including phenoxy) is 1. The van der Waals surface area contributed by atoms with E-state index < -0.39 is 0 Å². The molecule has 2 nitrogen and oxygen atoms in total. The molecule has 1 aliphatic carbocycles. The van der Waals surface area contributed by atoms with Crippen molar-refractivity contribution in [2.45, 2.75) is 58.4 Å². The van der Waals surface area contributed by atoms with E-state index in [9.17, 15) is 0 Å². The van der Waals surface area contributed by atoms with E-state index in [-0.39, 0.29) is 0 Å². The quantitative estimate of drug-likeness (QED) is 0.801. The van der Waals surface area contributed by atoms with Gasteiger partial charge in [0.1, 0.15) is 5.75 Å². The Hall–Kier alpha value is -1.02. The minimum absolute atomic E-state index is 0.478. The zero-order valence-corrected chi connectivity index (χ0v) is 14.1. The summed E-state index contributed by atoms with van der Waals surface area (Å²) in [5.41, 5.74) is 1.86. The van der Waals surface area contributed by atoms with E-state index in [0.29, 0.717) is 11.5 Å². The molecule has 2 rings (SSSR count). The van der Waals surface area contributed by atoms with Crippen LogP contribution in [-0.4, -0.2) is 20.2 Å². The second kappa shape index (κ2) is 7.31. The number of nitrogens with one attached hydrogen (secondary N) is 1. The maximum Gasteiger partial charge on any atom is 0.119 e. The summed E-state index contributed by atoms with van der Waals surface area (Å²) in [7, 11) is 3.87. The van der Waals surface area contributed by atoms with Crippen LogP contribution in [0, 0.1) is 11.3 Å². The maximum absolute atomic E-state index is 5.36. The van der Waals surface area contributed by atoms with Gasteiger partial charge in [0.05, 0.1) is 7.11 Å². The van der Waals surface area contributed by atoms with Gasteiger partial charge in [-0.3, -0.25) is 0 Å². The van der Waals surface area contributed by atoms with Gasteiger partial charge in [-0.2, -0.15) is 0 Å². The van der Waals surface area contributed by atoms with Gasteiger partial charge in [0.25, 0.3) is 0 Å². The molecule has 0 spiro atoms. The van der Waals surface area contributed by atoms with Gasteiger partial charge in [0.15, 0.2) is 0 Å². The fraction of sp³-hybridized carbons (Fsp3) is 0.684. The Bertz CT molecular complexity index is 435. The number of benzene rings is 1. The molecule has 1 unspecified atom stereocenters. The molecule has 1 atom stereocenters. The summed E-state index contributed by atoms with van der Waals surface area (Å²) in [5, 5.41) is 3.64. The number of likely N-dealkylation sites (N-methyl/N-ethyl adjacent to an activating group) is 1. The standard InChI is InChI=1S/C19H31NO/c1-15(2)14-19(10-5-6-11-19)18(20-3)13-16-8-7-9-17(12-16)21-4/h7-9,12,15,18,20H,5-6,10-11,13-14H2,1-4H3. The lowest BCUT2D eigenvalue weighted by molar-refractivity contribution is 0.160. The SMILES string of the molecule is CNC(Cc1cccc(OC)c1)C1(CC(C)C)CCCC1. The largest absolute Gasteiger partial charge is 0.497 e. The van der Waals surface area contributed by atoms with E-state index in [1.54, 1.807) is 7.11 Å². The predicted molar refractivity (Wildman–Crippen MR) is 89.9 cm³/mol. The average molecular weight is 289 g/mol. The Morgan fingerprint density at radius 3 is 2.52 bits per heavy atom. The monoisotopic (exact) mass is 289 g/mol. The van der Waals surface area contributed by atoms with Gasteiger partial charge < -0.3 is 10.1 Å². The lowest BCUT2D eigenvalue weighted by Crippen LogP contribution is -2.44. The van der Waals surface area contributed by atoms with Crippen LogP contribution in [0.25, 0.3) is 0 Å². The molecule has 0 aliphatic heterocycles. The van der Waals surface area contributed by atoms with Crippen molar-refractivity contribution in [1.82, 2.24) is 5.32 Å². The second-order valence-electron chi connectivity index (χ2n) is 7.06. The molecule has 21 heavy (non-hydrogen) atoms. The van der Waals surface area contributed by atoms with Crippen molar-refractivity contribution in [1.29, 1.82) is 0 Å². The van der Waals surface area contributed by atoms with E-state index in [4.69, 9.17) is 4.74 Å². The molecule has 2 heteroatoms. The van der Waals surface area contributed by atoms with Gasteiger partial charge in [-0.1, -0.05) is 38.8 Å². The van der Waals surface area contributed by atoms with Gasteiger partial charge in [-0.15, -0.1) is 0 Å². The molecule has 0 bridgehead atoms. The molecule has 1 aliphatic rings. The molecule has 1 saturated carbocycles. The summed E-state index contributed by atoms with van der Waals surface area (Å²) in [6.07, 6.45) is 7.97. The predicted octanol–water partition coefficient (Wildman–Crippen LogP) is 4.43. The molecule has 1 aromatic rings. The summed E-state index contributed by atoms with van der Waals surface area (Å²) in [4.78, 5) is 0. The van der Waals surface area contributed by atoms with Gasteiger partial charge in [-0.25, -0.2) is 0 Å². The van der Waals surface area contributed by atoms with Crippen molar-refractivity contribution in [3.63, 3.8) is 0 Å². The van der Waals surface area contributed by atoms with E-state index in [1.165, 1.54) is 37.7 Å². The van der Waals surface area contributed by atoms with Crippen molar-refractivity contribution in [2.75, 3.05) is 14.2 Å². The first kappa shape index (κ1) is 16.4. The molecule has 0 amide bonds. The van der Waals surface area contributed by atoms with Crippen molar-refractivity contribution in [3.05, 3.63) is 29.8 Å². The van der Waals surface area contributed by atoms with Crippen molar-refractivity contribution >= 4 is 0 Å². The van der Waals surface area contributed by atoms with E-state index in [2.05, 4.69) is 44.4 Å². The smallest absolute Gasteiger partial charge is 0.119 e. The highest BCUT2D eigenvalue weighted by molar-refractivity contribution is 5.29. The first-order valence-corrected chi connectivity index (χ1v) is 8.40. The minimum Gasteiger partial charge on any atom is -0.497 e. The van der Waals surface area contributed by atoms with Crippen molar-refractivity contribution in [2.24, 2.45) is 11.3 Å². The summed E-state index contributed by atoms with van der Waals surface area (Å²) < 4.78 is 5.36. The molecule has 0 heterocycles. The van der Waals surface area contributed by atoms with Crippen molar-refractivity contribution in [3.8, 4) is 5.75 Å². The summed E-state index contributed by atoms with van der Waals surface area (Å²) in [5.74, 6) is 1.73. The molecular weight excluding hydrogens is 258 g/mol. The number of rotatable bonds is 7. The average Bonchev–Trinajstić information content (AvgIpc) is 2.93. The fourth-order valence-corrected chi connectivity index (χ4v) is 4.25. The summed E-state index contributed by atoms with van der Waals surface area (Å²) in [6, 6.07) is 9.10.